The molecule has 0 heterocycles. The third kappa shape index (κ3) is 2.27. The van der Waals surface area contributed by atoms with Crippen LogP contribution in [-0.4, -0.2) is 18.8 Å². The van der Waals surface area contributed by atoms with Gasteiger partial charge in [0.2, 0.25) is 0 Å². The minimum atomic E-state index is 0.103. The number of phenolic OH excluding ortho intramolecular Hbond substituents is 1. The van der Waals surface area contributed by atoms with Gasteiger partial charge in [0.1, 0.15) is 0 Å². The average molecular weight is 258 g/mol. The van der Waals surface area contributed by atoms with Crippen molar-refractivity contribution in [3.63, 3.8) is 0 Å². The molecule has 0 fully saturated rings. The minimum Gasteiger partial charge on any atom is -0.503 e. The van der Waals surface area contributed by atoms with Crippen molar-refractivity contribution in [2.75, 3.05) is 13.7 Å². The van der Waals surface area contributed by atoms with Crippen molar-refractivity contribution in [1.82, 2.24) is 0 Å². The molecule has 1 aromatic carbocycles. The Morgan fingerprint density at radius 3 is 2.86 bits per heavy atom. The van der Waals surface area contributed by atoms with E-state index in [4.69, 9.17) is 10.5 Å². The lowest BCUT2D eigenvalue weighted by Gasteiger charge is -2.08. The van der Waals surface area contributed by atoms with E-state index in [2.05, 4.69) is 15.9 Å². The fraction of sp³-hybridized carbons (Fsp3) is 0.200. The molecule has 0 aliphatic carbocycles. The van der Waals surface area contributed by atoms with Crippen molar-refractivity contribution in [3.05, 3.63) is 28.2 Å². The van der Waals surface area contributed by atoms with Crippen LogP contribution >= 0.6 is 15.9 Å². The number of aromatic hydroxyl groups is 1. The molecule has 0 bridgehead atoms. The molecule has 0 spiro atoms. The number of ether oxygens (including phenoxy) is 1. The summed E-state index contributed by atoms with van der Waals surface area (Å²) in [6.45, 7) is 0.458. The van der Waals surface area contributed by atoms with E-state index in [1.165, 1.54) is 7.11 Å². The van der Waals surface area contributed by atoms with Crippen molar-refractivity contribution in [2.45, 2.75) is 0 Å². The number of methoxy groups -OCH3 is 1. The molecule has 0 saturated carbocycles. The van der Waals surface area contributed by atoms with Gasteiger partial charge in [0, 0.05) is 12.1 Å². The third-order valence-corrected chi connectivity index (χ3v) is 2.39. The molecule has 0 aromatic heterocycles. The van der Waals surface area contributed by atoms with Gasteiger partial charge in [0.25, 0.3) is 0 Å². The fourth-order valence-corrected chi connectivity index (χ4v) is 1.42. The van der Waals surface area contributed by atoms with Crippen molar-refractivity contribution in [2.24, 2.45) is 5.73 Å². The predicted molar refractivity (Wildman–Crippen MR) is 60.4 cm³/mol. The zero-order valence-electron chi connectivity index (χ0n) is 7.83. The monoisotopic (exact) mass is 257 g/mol. The molecular formula is C10H12BrNO2. The Kier molecular flexibility index (Phi) is 3.98. The first kappa shape index (κ1) is 11.1. The minimum absolute atomic E-state index is 0.103. The Morgan fingerprint density at radius 1 is 1.57 bits per heavy atom. The summed E-state index contributed by atoms with van der Waals surface area (Å²) in [6, 6.07) is 3.60. The maximum Gasteiger partial charge on any atom is 0.172 e. The molecule has 0 amide bonds. The van der Waals surface area contributed by atoms with Gasteiger partial charge >= 0.3 is 0 Å². The van der Waals surface area contributed by atoms with Gasteiger partial charge in [-0.15, -0.1) is 0 Å². The second-order valence-corrected chi connectivity index (χ2v) is 3.51. The van der Waals surface area contributed by atoms with Gasteiger partial charge in [-0.05, 0) is 28.1 Å². The van der Waals surface area contributed by atoms with Crippen molar-refractivity contribution < 1.29 is 9.84 Å². The second kappa shape index (κ2) is 5.02. The molecule has 4 heteroatoms. The molecule has 3 N–H and O–H groups in total. The quantitative estimate of drug-likeness (QED) is 0.873. The molecule has 1 aromatic rings. The zero-order valence-corrected chi connectivity index (χ0v) is 9.41. The van der Waals surface area contributed by atoms with Crippen LogP contribution in [0.3, 0.4) is 0 Å². The van der Waals surface area contributed by atoms with Gasteiger partial charge in [-0.2, -0.15) is 0 Å². The number of hydrogen-bond acceptors (Lipinski definition) is 3. The Morgan fingerprint density at radius 2 is 2.29 bits per heavy atom. The highest BCUT2D eigenvalue weighted by Gasteiger charge is 2.09. The summed E-state index contributed by atoms with van der Waals surface area (Å²) in [4.78, 5) is 0. The van der Waals surface area contributed by atoms with Crippen LogP contribution in [0.5, 0.6) is 11.5 Å². The topological polar surface area (TPSA) is 55.5 Å². The molecule has 0 unspecified atom stereocenters. The Balaban J connectivity index is 3.17. The smallest absolute Gasteiger partial charge is 0.172 e. The second-order valence-electron chi connectivity index (χ2n) is 2.66. The lowest BCUT2D eigenvalue weighted by Crippen LogP contribution is -1.93. The van der Waals surface area contributed by atoms with E-state index < -0.39 is 0 Å². The zero-order chi connectivity index (χ0) is 10.6. The van der Waals surface area contributed by atoms with Gasteiger partial charge < -0.3 is 15.6 Å². The highest BCUT2D eigenvalue weighted by Crippen LogP contribution is 2.37. The van der Waals surface area contributed by atoms with Gasteiger partial charge in [-0.1, -0.05) is 12.2 Å². The summed E-state index contributed by atoms with van der Waals surface area (Å²) < 4.78 is 5.69. The average Bonchev–Trinajstić information content (AvgIpc) is 2.20. The van der Waals surface area contributed by atoms with Crippen molar-refractivity contribution in [1.29, 1.82) is 0 Å². The first-order chi connectivity index (χ1) is 6.70. The van der Waals surface area contributed by atoms with Gasteiger partial charge in [-0.3, -0.25) is 0 Å². The Labute approximate surface area is 91.3 Å². The van der Waals surface area contributed by atoms with Crippen molar-refractivity contribution in [3.8, 4) is 11.5 Å². The van der Waals surface area contributed by atoms with E-state index in [1.54, 1.807) is 12.1 Å². The van der Waals surface area contributed by atoms with Crippen LogP contribution in [0.15, 0.2) is 22.7 Å². The standard InChI is InChI=1S/C10H12BrNO2/c1-14-10-7(3-2-6-12)4-5-8(11)9(10)13/h2-5,13H,6,12H2,1H3/b3-2+. The predicted octanol–water partition coefficient (Wildman–Crippen LogP) is 2.14. The van der Waals surface area contributed by atoms with Crippen LogP contribution in [0.1, 0.15) is 5.56 Å². The van der Waals surface area contributed by atoms with E-state index in [0.717, 1.165) is 5.56 Å². The molecule has 0 atom stereocenters. The third-order valence-electron chi connectivity index (χ3n) is 1.75. The molecule has 1 rings (SSSR count). The van der Waals surface area contributed by atoms with Crippen LogP contribution in [0.4, 0.5) is 0 Å². The number of hydrogen-bond donors (Lipinski definition) is 2. The molecule has 14 heavy (non-hydrogen) atoms. The van der Waals surface area contributed by atoms with Crippen LogP contribution in [-0.2, 0) is 0 Å². The van der Waals surface area contributed by atoms with Gasteiger partial charge in [-0.25, -0.2) is 0 Å². The molecule has 76 valence electrons. The van der Waals surface area contributed by atoms with Gasteiger partial charge in [0.15, 0.2) is 11.5 Å². The normalized spacial score (nSPS) is 10.8. The molecule has 0 aliphatic rings. The highest BCUT2D eigenvalue weighted by atomic mass is 79.9. The van der Waals surface area contributed by atoms with Crippen LogP contribution in [0, 0.1) is 0 Å². The maximum atomic E-state index is 9.64. The van der Waals surface area contributed by atoms with Crippen molar-refractivity contribution >= 4 is 22.0 Å². The highest BCUT2D eigenvalue weighted by molar-refractivity contribution is 9.10. The molecule has 0 aliphatic heterocycles. The molecular weight excluding hydrogens is 246 g/mol. The van der Waals surface area contributed by atoms with Crippen LogP contribution < -0.4 is 10.5 Å². The maximum absolute atomic E-state index is 9.64. The summed E-state index contributed by atoms with van der Waals surface area (Å²) in [7, 11) is 1.52. The summed E-state index contributed by atoms with van der Waals surface area (Å²) in [5.41, 5.74) is 6.14. The largest absolute Gasteiger partial charge is 0.503 e. The van der Waals surface area contributed by atoms with E-state index in [0.29, 0.717) is 16.8 Å². The Hall–Kier alpha value is -1.00. The lowest BCUT2D eigenvalue weighted by molar-refractivity contribution is 0.371. The van der Waals surface area contributed by atoms with E-state index in [1.807, 2.05) is 12.1 Å². The summed E-state index contributed by atoms with van der Waals surface area (Å²) >= 11 is 3.21. The summed E-state index contributed by atoms with van der Waals surface area (Å²) in [5, 5.41) is 9.64. The fourth-order valence-electron chi connectivity index (χ4n) is 1.10. The van der Waals surface area contributed by atoms with E-state index in [9.17, 15) is 5.11 Å². The Bertz CT molecular complexity index is 350. The first-order valence-corrected chi connectivity index (χ1v) is 4.92. The van der Waals surface area contributed by atoms with Gasteiger partial charge in [0.05, 0.1) is 11.6 Å². The molecule has 0 saturated heterocycles. The number of phenols is 1. The number of nitrogens with two attached hydrogens (primary N) is 1. The SMILES string of the molecule is COc1c(/C=C/CN)ccc(Br)c1O. The molecule has 0 radical (unpaired) electrons. The number of rotatable bonds is 3. The first-order valence-electron chi connectivity index (χ1n) is 4.12. The van der Waals surface area contributed by atoms with Crippen LogP contribution in [0.25, 0.3) is 6.08 Å². The molecule has 3 nitrogen and oxygen atoms in total. The lowest BCUT2D eigenvalue weighted by atomic mass is 10.1. The van der Waals surface area contributed by atoms with E-state index >= 15 is 0 Å². The van der Waals surface area contributed by atoms with E-state index in [-0.39, 0.29) is 5.75 Å². The number of halogens is 1. The number of benzene rings is 1. The summed E-state index contributed by atoms with van der Waals surface area (Å²) in [5.74, 6) is 0.552. The van der Waals surface area contributed by atoms with Crippen LogP contribution in [0.2, 0.25) is 0 Å². The summed E-state index contributed by atoms with van der Waals surface area (Å²) in [6.07, 6.45) is 3.61.